The zero-order chi connectivity index (χ0) is 11.3. The van der Waals surface area contributed by atoms with E-state index in [4.69, 9.17) is 5.11 Å². The van der Waals surface area contributed by atoms with Gasteiger partial charge in [-0.3, -0.25) is 4.79 Å². The minimum atomic E-state index is -3.43. The van der Waals surface area contributed by atoms with Crippen molar-refractivity contribution in [3.63, 3.8) is 0 Å². The Morgan fingerprint density at radius 3 is 2.20 bits per heavy atom. The van der Waals surface area contributed by atoms with Gasteiger partial charge in [0.15, 0.2) is 0 Å². The summed E-state index contributed by atoms with van der Waals surface area (Å²) in [5.74, 6) is -1.15. The van der Waals surface area contributed by atoms with Crippen LogP contribution < -0.4 is 4.72 Å². The Kier molecular flexibility index (Phi) is 4.53. The standard InChI is InChI=1S/C9H17NO4S/c11-9(12)7-10-15(13,14)8-5-3-1-2-4-6-8/h8,10H,1-7H2,(H,11,12). The number of carboxylic acids is 1. The summed E-state index contributed by atoms with van der Waals surface area (Å²) in [7, 11) is -3.43. The lowest BCUT2D eigenvalue weighted by Crippen LogP contribution is -2.37. The SMILES string of the molecule is O=C(O)CNS(=O)(=O)C1CCCCCC1. The summed E-state index contributed by atoms with van der Waals surface area (Å²) in [4.78, 5) is 10.3. The largest absolute Gasteiger partial charge is 0.480 e. The fraction of sp³-hybridized carbons (Fsp3) is 0.889. The molecule has 88 valence electrons. The molecule has 0 aromatic heterocycles. The summed E-state index contributed by atoms with van der Waals surface area (Å²) in [5.41, 5.74) is 0. The van der Waals surface area contributed by atoms with Crippen LogP contribution in [-0.2, 0) is 14.8 Å². The highest BCUT2D eigenvalue weighted by atomic mass is 32.2. The summed E-state index contributed by atoms with van der Waals surface area (Å²) in [6, 6.07) is 0. The first-order chi connectivity index (χ1) is 7.02. The number of sulfonamides is 1. The normalized spacial score (nSPS) is 19.7. The third kappa shape index (κ3) is 4.17. The van der Waals surface area contributed by atoms with E-state index in [0.29, 0.717) is 12.8 Å². The maximum atomic E-state index is 11.7. The molecule has 0 aromatic carbocycles. The number of rotatable bonds is 4. The molecule has 1 saturated carbocycles. The lowest BCUT2D eigenvalue weighted by atomic mass is 10.2. The van der Waals surface area contributed by atoms with E-state index >= 15 is 0 Å². The molecule has 0 aromatic rings. The first-order valence-corrected chi connectivity index (χ1v) is 6.77. The fourth-order valence-electron chi connectivity index (χ4n) is 1.83. The highest BCUT2D eigenvalue weighted by molar-refractivity contribution is 7.90. The Balaban J connectivity index is 2.54. The van der Waals surface area contributed by atoms with Crippen LogP contribution in [0.15, 0.2) is 0 Å². The smallest absolute Gasteiger partial charge is 0.318 e. The molecule has 0 heterocycles. The number of carboxylic acid groups (broad SMARTS) is 1. The van der Waals surface area contributed by atoms with E-state index in [2.05, 4.69) is 4.72 Å². The number of hydrogen-bond donors (Lipinski definition) is 2. The van der Waals surface area contributed by atoms with Crippen molar-refractivity contribution >= 4 is 16.0 Å². The van der Waals surface area contributed by atoms with Crippen LogP contribution in [0.25, 0.3) is 0 Å². The minimum Gasteiger partial charge on any atom is -0.480 e. The van der Waals surface area contributed by atoms with E-state index in [-0.39, 0.29) is 0 Å². The lowest BCUT2D eigenvalue weighted by Gasteiger charge is -2.14. The second kappa shape index (κ2) is 5.46. The average molecular weight is 235 g/mol. The summed E-state index contributed by atoms with van der Waals surface area (Å²) >= 11 is 0. The Hall–Kier alpha value is -0.620. The predicted molar refractivity (Wildman–Crippen MR) is 56.0 cm³/mol. The first-order valence-electron chi connectivity index (χ1n) is 5.22. The molecule has 5 nitrogen and oxygen atoms in total. The number of nitrogens with one attached hydrogen (secondary N) is 1. The van der Waals surface area contributed by atoms with Gasteiger partial charge in [0.25, 0.3) is 0 Å². The van der Waals surface area contributed by atoms with Gasteiger partial charge in [0.1, 0.15) is 6.54 Å². The molecule has 0 spiro atoms. The van der Waals surface area contributed by atoms with Gasteiger partial charge in [-0.25, -0.2) is 13.1 Å². The maximum absolute atomic E-state index is 11.7. The molecule has 0 radical (unpaired) electrons. The van der Waals surface area contributed by atoms with E-state index in [1.165, 1.54) is 0 Å². The second-order valence-corrected chi connectivity index (χ2v) is 5.92. The van der Waals surface area contributed by atoms with Crippen molar-refractivity contribution in [3.05, 3.63) is 0 Å². The van der Waals surface area contributed by atoms with Crippen molar-refractivity contribution in [2.45, 2.75) is 43.8 Å². The molecular formula is C9H17NO4S. The van der Waals surface area contributed by atoms with Gasteiger partial charge in [0.05, 0.1) is 5.25 Å². The maximum Gasteiger partial charge on any atom is 0.318 e. The zero-order valence-corrected chi connectivity index (χ0v) is 9.42. The van der Waals surface area contributed by atoms with Crippen LogP contribution in [0, 0.1) is 0 Å². The average Bonchev–Trinajstić information content (AvgIpc) is 2.43. The molecule has 1 aliphatic carbocycles. The topological polar surface area (TPSA) is 83.5 Å². The van der Waals surface area contributed by atoms with Gasteiger partial charge in [-0.05, 0) is 12.8 Å². The zero-order valence-electron chi connectivity index (χ0n) is 8.61. The van der Waals surface area contributed by atoms with Crippen LogP contribution in [0.3, 0.4) is 0 Å². The van der Waals surface area contributed by atoms with Gasteiger partial charge in [0.2, 0.25) is 10.0 Å². The Morgan fingerprint density at radius 1 is 1.20 bits per heavy atom. The third-order valence-electron chi connectivity index (χ3n) is 2.67. The second-order valence-electron chi connectivity index (χ2n) is 3.87. The van der Waals surface area contributed by atoms with Crippen LogP contribution in [0.5, 0.6) is 0 Å². The quantitative estimate of drug-likeness (QED) is 0.703. The van der Waals surface area contributed by atoms with Crippen LogP contribution in [0.1, 0.15) is 38.5 Å². The van der Waals surface area contributed by atoms with Gasteiger partial charge in [-0.2, -0.15) is 0 Å². The monoisotopic (exact) mass is 235 g/mol. The molecule has 2 N–H and O–H groups in total. The van der Waals surface area contributed by atoms with Crippen molar-refractivity contribution in [1.29, 1.82) is 0 Å². The fourth-order valence-corrected chi connectivity index (χ4v) is 3.35. The third-order valence-corrected chi connectivity index (χ3v) is 4.56. The van der Waals surface area contributed by atoms with Gasteiger partial charge < -0.3 is 5.11 Å². The van der Waals surface area contributed by atoms with Crippen LogP contribution >= 0.6 is 0 Å². The van der Waals surface area contributed by atoms with E-state index in [9.17, 15) is 13.2 Å². The molecule has 0 amide bonds. The van der Waals surface area contributed by atoms with Crippen molar-refractivity contribution in [3.8, 4) is 0 Å². The van der Waals surface area contributed by atoms with Gasteiger partial charge in [-0.15, -0.1) is 0 Å². The molecule has 15 heavy (non-hydrogen) atoms. The lowest BCUT2D eigenvalue weighted by molar-refractivity contribution is -0.135. The molecule has 1 aliphatic rings. The summed E-state index contributed by atoms with van der Waals surface area (Å²) in [6.07, 6.45) is 5.27. The Labute approximate surface area is 89.9 Å². The summed E-state index contributed by atoms with van der Waals surface area (Å²) in [6.45, 7) is -0.515. The molecule has 0 saturated heterocycles. The summed E-state index contributed by atoms with van der Waals surface area (Å²) in [5, 5.41) is 8.00. The molecule has 0 bridgehead atoms. The van der Waals surface area contributed by atoms with Crippen LogP contribution in [0.4, 0.5) is 0 Å². The van der Waals surface area contributed by atoms with Gasteiger partial charge in [0, 0.05) is 0 Å². The van der Waals surface area contributed by atoms with Crippen LogP contribution in [-0.4, -0.2) is 31.3 Å². The summed E-state index contributed by atoms with van der Waals surface area (Å²) < 4.78 is 25.5. The minimum absolute atomic E-state index is 0.403. The van der Waals surface area contributed by atoms with E-state index in [1.807, 2.05) is 0 Å². The molecule has 0 unspecified atom stereocenters. The number of hydrogen-bond acceptors (Lipinski definition) is 3. The van der Waals surface area contributed by atoms with E-state index < -0.39 is 27.8 Å². The Morgan fingerprint density at radius 2 is 1.73 bits per heavy atom. The molecule has 0 aliphatic heterocycles. The van der Waals surface area contributed by atoms with Crippen LogP contribution in [0.2, 0.25) is 0 Å². The van der Waals surface area contributed by atoms with Gasteiger partial charge >= 0.3 is 5.97 Å². The highest BCUT2D eigenvalue weighted by Gasteiger charge is 2.26. The van der Waals surface area contributed by atoms with Crippen molar-refractivity contribution in [2.75, 3.05) is 6.54 Å². The number of carbonyl (C=O) groups is 1. The molecule has 1 rings (SSSR count). The van der Waals surface area contributed by atoms with Gasteiger partial charge in [-0.1, -0.05) is 25.7 Å². The first kappa shape index (κ1) is 12.4. The van der Waals surface area contributed by atoms with Crippen molar-refractivity contribution in [2.24, 2.45) is 0 Å². The predicted octanol–water partition coefficient (Wildman–Crippen LogP) is 0.713. The highest BCUT2D eigenvalue weighted by Crippen LogP contribution is 2.22. The Bertz CT molecular complexity index is 304. The van der Waals surface area contributed by atoms with E-state index in [1.54, 1.807) is 0 Å². The number of aliphatic carboxylic acids is 1. The molecule has 6 heteroatoms. The van der Waals surface area contributed by atoms with Crippen molar-refractivity contribution in [1.82, 2.24) is 4.72 Å². The van der Waals surface area contributed by atoms with Crippen molar-refractivity contribution < 1.29 is 18.3 Å². The van der Waals surface area contributed by atoms with E-state index in [0.717, 1.165) is 25.7 Å². The molecule has 1 fully saturated rings. The molecular weight excluding hydrogens is 218 g/mol. The molecule has 0 atom stereocenters.